The maximum Gasteiger partial charge on any atom is 0.213 e. The highest BCUT2D eigenvalue weighted by Gasteiger charge is 2.06. The van der Waals surface area contributed by atoms with Gasteiger partial charge in [-0.2, -0.15) is 0 Å². The van der Waals surface area contributed by atoms with E-state index in [1.165, 1.54) is 0 Å². The number of rotatable bonds is 4. The molecule has 1 heterocycles. The van der Waals surface area contributed by atoms with E-state index in [1.54, 1.807) is 12.1 Å². The second kappa shape index (κ2) is 5.17. The fourth-order valence-electron chi connectivity index (χ4n) is 0.930. The first-order valence-corrected chi connectivity index (χ1v) is 4.98. The summed E-state index contributed by atoms with van der Waals surface area (Å²) in [6.45, 7) is 3.83. The fraction of sp³-hybridized carbons (Fsp3) is 0.500. The van der Waals surface area contributed by atoms with E-state index in [0.717, 1.165) is 6.42 Å². The van der Waals surface area contributed by atoms with E-state index in [9.17, 15) is 0 Å². The smallest absolute Gasteiger partial charge is 0.213 e. The zero-order valence-corrected chi connectivity index (χ0v) is 9.08. The molecule has 1 rings (SSSR count). The number of aliphatic hydroxyl groups is 1. The van der Waals surface area contributed by atoms with Gasteiger partial charge in [0.1, 0.15) is 0 Å². The van der Waals surface area contributed by atoms with Crippen LogP contribution in [0.25, 0.3) is 0 Å². The molecule has 3 nitrogen and oxygen atoms in total. The molecule has 1 N–H and O–H groups in total. The summed E-state index contributed by atoms with van der Waals surface area (Å²) < 4.78 is 5.48. The lowest BCUT2D eigenvalue weighted by Crippen LogP contribution is -2.11. The summed E-state index contributed by atoms with van der Waals surface area (Å²) in [6, 6.07) is 3.38. The van der Waals surface area contributed by atoms with E-state index in [2.05, 4.69) is 4.98 Å². The van der Waals surface area contributed by atoms with E-state index in [-0.39, 0.29) is 12.7 Å². The molecule has 1 unspecified atom stereocenters. The molecule has 78 valence electrons. The molecule has 0 fully saturated rings. The van der Waals surface area contributed by atoms with Crippen LogP contribution in [-0.2, 0) is 6.61 Å². The van der Waals surface area contributed by atoms with Gasteiger partial charge in [0, 0.05) is 6.07 Å². The normalized spacial score (nSPS) is 12.6. The lowest BCUT2D eigenvalue weighted by molar-refractivity contribution is 0.205. The largest absolute Gasteiger partial charge is 0.475 e. The standard InChI is InChI=1S/C10H14ClNO2/c1-3-7(2)14-10-5-4-8(11)9(6-13)12-10/h4-5,7,13H,3,6H2,1-2H3. The Labute approximate surface area is 88.7 Å². The number of aliphatic hydroxyl groups excluding tert-OH is 1. The molecule has 1 aromatic rings. The van der Waals surface area contributed by atoms with Crippen LogP contribution in [0.1, 0.15) is 26.0 Å². The molecule has 0 bridgehead atoms. The van der Waals surface area contributed by atoms with Gasteiger partial charge in [0.05, 0.1) is 23.4 Å². The Balaban J connectivity index is 2.79. The van der Waals surface area contributed by atoms with Crippen molar-refractivity contribution in [3.63, 3.8) is 0 Å². The minimum atomic E-state index is -0.170. The summed E-state index contributed by atoms with van der Waals surface area (Å²) in [5.41, 5.74) is 0.451. The Morgan fingerprint density at radius 2 is 2.29 bits per heavy atom. The van der Waals surface area contributed by atoms with Crippen LogP contribution in [0.2, 0.25) is 5.02 Å². The molecular weight excluding hydrogens is 202 g/mol. The lowest BCUT2D eigenvalue weighted by atomic mass is 10.3. The molecule has 0 aromatic carbocycles. The SMILES string of the molecule is CCC(C)Oc1ccc(Cl)c(CO)n1. The molecule has 0 saturated heterocycles. The minimum Gasteiger partial charge on any atom is -0.475 e. The summed E-state index contributed by atoms with van der Waals surface area (Å²) in [5, 5.41) is 9.39. The van der Waals surface area contributed by atoms with E-state index in [1.807, 2.05) is 13.8 Å². The number of hydrogen-bond acceptors (Lipinski definition) is 3. The van der Waals surface area contributed by atoms with Gasteiger partial charge in [-0.25, -0.2) is 4.98 Å². The molecule has 0 aliphatic rings. The maximum absolute atomic E-state index is 8.93. The van der Waals surface area contributed by atoms with E-state index >= 15 is 0 Å². The van der Waals surface area contributed by atoms with E-state index in [4.69, 9.17) is 21.4 Å². The molecule has 0 radical (unpaired) electrons. The number of pyridine rings is 1. The van der Waals surface area contributed by atoms with Gasteiger partial charge in [-0.05, 0) is 19.4 Å². The quantitative estimate of drug-likeness (QED) is 0.839. The Hall–Kier alpha value is -0.800. The van der Waals surface area contributed by atoms with Crippen molar-refractivity contribution in [2.24, 2.45) is 0 Å². The van der Waals surface area contributed by atoms with Crippen LogP contribution < -0.4 is 4.74 Å². The molecule has 0 saturated carbocycles. The van der Waals surface area contributed by atoms with Crippen molar-refractivity contribution in [2.75, 3.05) is 0 Å². The Morgan fingerprint density at radius 1 is 1.57 bits per heavy atom. The number of halogens is 1. The Morgan fingerprint density at radius 3 is 2.86 bits per heavy atom. The summed E-state index contributed by atoms with van der Waals surface area (Å²) in [6.07, 6.45) is 1.04. The van der Waals surface area contributed by atoms with Crippen molar-refractivity contribution >= 4 is 11.6 Å². The van der Waals surface area contributed by atoms with Crippen LogP contribution in [0.3, 0.4) is 0 Å². The summed E-state index contributed by atoms with van der Waals surface area (Å²) in [5.74, 6) is 0.507. The molecule has 0 spiro atoms. The predicted octanol–water partition coefficient (Wildman–Crippen LogP) is 2.40. The van der Waals surface area contributed by atoms with Crippen molar-refractivity contribution in [1.82, 2.24) is 4.98 Å². The van der Waals surface area contributed by atoms with Crippen LogP contribution in [0, 0.1) is 0 Å². The van der Waals surface area contributed by atoms with Gasteiger partial charge in [-0.3, -0.25) is 0 Å². The van der Waals surface area contributed by atoms with Crippen LogP contribution in [-0.4, -0.2) is 16.2 Å². The molecule has 0 amide bonds. The maximum atomic E-state index is 8.93. The van der Waals surface area contributed by atoms with Crippen molar-refractivity contribution in [1.29, 1.82) is 0 Å². The molecular formula is C10H14ClNO2. The Bertz CT molecular complexity index is 304. The van der Waals surface area contributed by atoms with Gasteiger partial charge in [-0.15, -0.1) is 0 Å². The molecule has 1 aromatic heterocycles. The molecule has 0 aliphatic carbocycles. The third kappa shape index (κ3) is 2.86. The van der Waals surface area contributed by atoms with Crippen molar-refractivity contribution < 1.29 is 9.84 Å². The van der Waals surface area contributed by atoms with Gasteiger partial charge >= 0.3 is 0 Å². The number of hydrogen-bond donors (Lipinski definition) is 1. The lowest BCUT2D eigenvalue weighted by Gasteiger charge is -2.12. The number of nitrogens with zero attached hydrogens (tertiary/aromatic N) is 1. The second-order valence-corrected chi connectivity index (χ2v) is 3.48. The topological polar surface area (TPSA) is 42.4 Å². The van der Waals surface area contributed by atoms with Crippen molar-refractivity contribution in [2.45, 2.75) is 33.0 Å². The van der Waals surface area contributed by atoms with Gasteiger partial charge in [0.2, 0.25) is 5.88 Å². The number of ether oxygens (including phenoxy) is 1. The highest BCUT2D eigenvalue weighted by molar-refractivity contribution is 6.31. The fourth-order valence-corrected chi connectivity index (χ4v) is 1.10. The molecule has 0 aliphatic heterocycles. The number of aromatic nitrogens is 1. The van der Waals surface area contributed by atoms with Crippen LogP contribution in [0.5, 0.6) is 5.88 Å². The third-order valence-electron chi connectivity index (χ3n) is 1.94. The van der Waals surface area contributed by atoms with Crippen molar-refractivity contribution in [3.05, 3.63) is 22.8 Å². The Kier molecular flexibility index (Phi) is 4.17. The monoisotopic (exact) mass is 215 g/mol. The third-order valence-corrected chi connectivity index (χ3v) is 2.28. The van der Waals surface area contributed by atoms with Crippen LogP contribution >= 0.6 is 11.6 Å². The van der Waals surface area contributed by atoms with Gasteiger partial charge in [-0.1, -0.05) is 18.5 Å². The summed E-state index contributed by atoms with van der Waals surface area (Å²) >= 11 is 5.79. The first-order chi connectivity index (χ1) is 6.67. The second-order valence-electron chi connectivity index (χ2n) is 3.07. The van der Waals surface area contributed by atoms with E-state index < -0.39 is 0 Å². The molecule has 14 heavy (non-hydrogen) atoms. The first kappa shape index (κ1) is 11.3. The first-order valence-electron chi connectivity index (χ1n) is 4.60. The highest BCUT2D eigenvalue weighted by Crippen LogP contribution is 2.18. The van der Waals surface area contributed by atoms with Crippen LogP contribution in [0.4, 0.5) is 0 Å². The summed E-state index contributed by atoms with van der Waals surface area (Å²) in [7, 11) is 0. The van der Waals surface area contributed by atoms with E-state index in [0.29, 0.717) is 16.6 Å². The average molecular weight is 216 g/mol. The van der Waals surface area contributed by atoms with Gasteiger partial charge in [0.25, 0.3) is 0 Å². The minimum absolute atomic E-state index is 0.121. The van der Waals surface area contributed by atoms with Gasteiger partial charge in [0.15, 0.2) is 0 Å². The highest BCUT2D eigenvalue weighted by atomic mass is 35.5. The summed E-state index contributed by atoms with van der Waals surface area (Å²) in [4.78, 5) is 4.07. The van der Waals surface area contributed by atoms with Gasteiger partial charge < -0.3 is 9.84 Å². The predicted molar refractivity (Wildman–Crippen MR) is 55.6 cm³/mol. The average Bonchev–Trinajstić information content (AvgIpc) is 2.20. The van der Waals surface area contributed by atoms with Crippen molar-refractivity contribution in [3.8, 4) is 5.88 Å². The molecule has 1 atom stereocenters. The zero-order valence-electron chi connectivity index (χ0n) is 8.33. The zero-order chi connectivity index (χ0) is 10.6. The molecule has 4 heteroatoms. The van der Waals surface area contributed by atoms with Crippen LogP contribution in [0.15, 0.2) is 12.1 Å².